The van der Waals surface area contributed by atoms with Crippen molar-refractivity contribution in [2.45, 2.75) is 37.4 Å². The van der Waals surface area contributed by atoms with Crippen molar-refractivity contribution < 1.29 is 52.8 Å². The third-order valence-electron chi connectivity index (χ3n) is 2.77. The van der Waals surface area contributed by atoms with E-state index in [9.17, 15) is 25.1 Å². The van der Waals surface area contributed by atoms with Gasteiger partial charge in [-0.1, -0.05) is 0 Å². The molecule has 11 nitrogen and oxygen atoms in total. The Labute approximate surface area is 152 Å². The van der Waals surface area contributed by atoms with Crippen LogP contribution < -0.4 is 0 Å². The van der Waals surface area contributed by atoms with Gasteiger partial charge in [-0.25, -0.2) is 8.62 Å². The van der Waals surface area contributed by atoms with Gasteiger partial charge in [0.05, 0.1) is 12.7 Å². The van der Waals surface area contributed by atoms with E-state index in [2.05, 4.69) is 44.0 Å². The zero-order valence-corrected chi connectivity index (χ0v) is 17.1. The molecule has 17 heteroatoms. The summed E-state index contributed by atoms with van der Waals surface area (Å²) in [6, 6.07) is 0. The van der Waals surface area contributed by atoms with Gasteiger partial charge >= 0.3 is 20.2 Å². The molecule has 7 atom stereocenters. The van der Waals surface area contributed by atoms with E-state index in [1.54, 1.807) is 0 Å². The standard InChI is InChI=1S/C7H17O11P3S3/c1-3-5(8)7(10)6(9)4(16-3)2-15-20(13,23)18-21(14,24)17-19(11,12)22/h3-10H,2H2,1H3,(H,13,23)(H,14,24)(H2,11,12,22)/t3?,4-,5-,6-,7-,20?,21?/m1/s1. The highest BCUT2D eigenvalue weighted by Gasteiger charge is 2.42. The summed E-state index contributed by atoms with van der Waals surface area (Å²) in [4.78, 5) is 37.3. The minimum atomic E-state index is -4.40. The molecule has 0 aliphatic carbocycles. The van der Waals surface area contributed by atoms with Gasteiger partial charge in [-0.2, -0.15) is 0 Å². The quantitative estimate of drug-likeness (QED) is 0.217. The van der Waals surface area contributed by atoms with Crippen LogP contribution in [0.15, 0.2) is 0 Å². The Kier molecular flexibility index (Phi) is 8.52. The fourth-order valence-electron chi connectivity index (χ4n) is 1.75. The number of hydrogen-bond acceptors (Lipinski definition) is 10. The van der Waals surface area contributed by atoms with Crippen LogP contribution >= 0.6 is 20.2 Å². The van der Waals surface area contributed by atoms with Crippen LogP contribution in [0.4, 0.5) is 0 Å². The molecule has 1 rings (SSSR count). The molecule has 0 saturated carbocycles. The average Bonchev–Trinajstić information content (AvgIpc) is 2.34. The minimum absolute atomic E-state index is 0.579. The lowest BCUT2D eigenvalue weighted by molar-refractivity contribution is -0.222. The number of aliphatic hydroxyl groups excluding tert-OH is 3. The van der Waals surface area contributed by atoms with Crippen LogP contribution in [0.5, 0.6) is 0 Å². The predicted molar refractivity (Wildman–Crippen MR) is 92.2 cm³/mol. The molecule has 0 radical (unpaired) electrons. The van der Waals surface area contributed by atoms with Crippen molar-refractivity contribution in [3.8, 4) is 0 Å². The van der Waals surface area contributed by atoms with E-state index in [0.29, 0.717) is 0 Å². The molecule has 0 spiro atoms. The topological polar surface area (TPSA) is 179 Å². The zero-order valence-electron chi connectivity index (χ0n) is 11.9. The molecule has 7 N–H and O–H groups in total. The van der Waals surface area contributed by atoms with Gasteiger partial charge in [0.25, 0.3) is 0 Å². The summed E-state index contributed by atoms with van der Waals surface area (Å²) in [7, 11) is 0. The maximum Gasteiger partial charge on any atom is 0.339 e. The summed E-state index contributed by atoms with van der Waals surface area (Å²) in [6.07, 6.45) is -6.38. The smallest absolute Gasteiger partial charge is 0.339 e. The van der Waals surface area contributed by atoms with E-state index in [1.165, 1.54) is 6.92 Å². The minimum Gasteiger partial charge on any atom is -0.388 e. The van der Waals surface area contributed by atoms with Crippen molar-refractivity contribution in [3.63, 3.8) is 0 Å². The van der Waals surface area contributed by atoms with Gasteiger partial charge in [-0.3, -0.25) is 0 Å². The molecule has 24 heavy (non-hydrogen) atoms. The van der Waals surface area contributed by atoms with Crippen LogP contribution in [-0.2, 0) is 53.3 Å². The second-order valence-corrected chi connectivity index (χ2v) is 13.4. The van der Waals surface area contributed by atoms with Gasteiger partial charge < -0.3 is 44.2 Å². The monoisotopic (exact) mass is 466 g/mol. The molecule has 3 unspecified atom stereocenters. The molecule has 1 saturated heterocycles. The Morgan fingerprint density at radius 2 is 1.42 bits per heavy atom. The highest BCUT2D eigenvalue weighted by Crippen LogP contribution is 2.66. The van der Waals surface area contributed by atoms with E-state index in [0.717, 1.165) is 0 Å². The molecule has 0 aromatic heterocycles. The first kappa shape index (κ1) is 23.5. The Balaban J connectivity index is 2.67. The molecular weight excluding hydrogens is 449 g/mol. The third kappa shape index (κ3) is 7.63. The molecule has 0 bridgehead atoms. The summed E-state index contributed by atoms with van der Waals surface area (Å²) in [5, 5.41) is 29.0. The molecule has 1 fully saturated rings. The largest absolute Gasteiger partial charge is 0.388 e. The van der Waals surface area contributed by atoms with E-state index in [1.807, 2.05) is 0 Å². The molecule has 1 aliphatic heterocycles. The van der Waals surface area contributed by atoms with Crippen molar-refractivity contribution in [2.24, 2.45) is 0 Å². The highest BCUT2D eigenvalue weighted by atomic mass is 32.5. The average molecular weight is 466 g/mol. The fourth-order valence-corrected chi connectivity index (χ4v) is 8.99. The van der Waals surface area contributed by atoms with Gasteiger partial charge in [0, 0.05) is 0 Å². The summed E-state index contributed by atoms with van der Waals surface area (Å²) in [5.41, 5.74) is 0. The molecule has 0 amide bonds. The van der Waals surface area contributed by atoms with Gasteiger partial charge in [-0.15, -0.1) is 0 Å². The Morgan fingerprint density at radius 3 is 1.92 bits per heavy atom. The van der Waals surface area contributed by atoms with Crippen LogP contribution in [0.3, 0.4) is 0 Å². The molecule has 0 aromatic carbocycles. The van der Waals surface area contributed by atoms with E-state index in [4.69, 9.17) is 19.0 Å². The lowest BCUT2D eigenvalue weighted by Crippen LogP contribution is -2.57. The molecule has 1 aliphatic rings. The normalized spacial score (nSPS) is 36.8. The van der Waals surface area contributed by atoms with Crippen molar-refractivity contribution in [2.75, 3.05) is 6.61 Å². The first-order chi connectivity index (χ1) is 10.6. The number of ether oxygens (including phenoxy) is 1. The summed E-state index contributed by atoms with van der Waals surface area (Å²) in [5.74, 6) is 0. The Bertz CT molecular complexity index is 583. The second-order valence-electron chi connectivity index (χ2n) is 4.74. The third-order valence-corrected chi connectivity index (χ3v) is 9.29. The Morgan fingerprint density at radius 1 is 0.875 bits per heavy atom. The molecule has 144 valence electrons. The SMILES string of the molecule is CC1O[C@H](COP(O)(=S)OP(O)(=S)OP(O)(O)=S)[C@@H](O)[C@H](O)[C@@H]1O. The van der Waals surface area contributed by atoms with Gasteiger partial charge in [-0.05, 0) is 42.3 Å². The second kappa shape index (κ2) is 8.68. The lowest BCUT2D eigenvalue weighted by Gasteiger charge is -2.39. The van der Waals surface area contributed by atoms with Crippen LogP contribution in [0, 0.1) is 0 Å². The fraction of sp³-hybridized carbons (Fsp3) is 1.00. The van der Waals surface area contributed by atoms with Crippen molar-refractivity contribution in [1.82, 2.24) is 0 Å². The summed E-state index contributed by atoms with van der Waals surface area (Å²) in [6.45, 7) is -12.1. The van der Waals surface area contributed by atoms with Crippen molar-refractivity contribution in [1.29, 1.82) is 0 Å². The van der Waals surface area contributed by atoms with E-state index >= 15 is 0 Å². The van der Waals surface area contributed by atoms with Crippen LogP contribution in [0.25, 0.3) is 0 Å². The van der Waals surface area contributed by atoms with Gasteiger partial charge in [0.2, 0.25) is 0 Å². The highest BCUT2D eigenvalue weighted by molar-refractivity contribution is 8.17. The molecular formula is C7H17O11P3S3. The molecule has 0 aromatic rings. The van der Waals surface area contributed by atoms with Crippen LogP contribution in [0.1, 0.15) is 6.92 Å². The van der Waals surface area contributed by atoms with Gasteiger partial charge in [0.1, 0.15) is 24.4 Å². The summed E-state index contributed by atoms with van der Waals surface area (Å²) >= 11 is 13.1. The number of rotatable bonds is 7. The summed E-state index contributed by atoms with van der Waals surface area (Å²) < 4.78 is 18.7. The van der Waals surface area contributed by atoms with E-state index in [-0.39, 0.29) is 0 Å². The number of hydrogen-bond donors (Lipinski definition) is 7. The maximum atomic E-state index is 9.82. The van der Waals surface area contributed by atoms with Crippen molar-refractivity contribution >= 4 is 55.6 Å². The first-order valence-corrected chi connectivity index (χ1v) is 13.9. The van der Waals surface area contributed by atoms with E-state index < -0.39 is 57.3 Å². The zero-order chi connectivity index (χ0) is 18.9. The molecule has 1 heterocycles. The first-order valence-electron chi connectivity index (χ1n) is 6.11. The van der Waals surface area contributed by atoms with Gasteiger partial charge in [0.15, 0.2) is 0 Å². The number of aliphatic hydroxyl groups is 3. The predicted octanol–water partition coefficient (Wildman–Crippen LogP) is -1.45. The lowest BCUT2D eigenvalue weighted by atomic mass is 9.96. The van der Waals surface area contributed by atoms with Crippen LogP contribution in [0.2, 0.25) is 0 Å². The van der Waals surface area contributed by atoms with Crippen LogP contribution in [-0.4, -0.2) is 72.0 Å². The Hall–Kier alpha value is 1.51. The maximum absolute atomic E-state index is 9.82. The van der Waals surface area contributed by atoms with Crippen molar-refractivity contribution in [3.05, 3.63) is 0 Å².